The summed E-state index contributed by atoms with van der Waals surface area (Å²) in [7, 11) is 0. The van der Waals surface area contributed by atoms with Crippen molar-refractivity contribution in [2.45, 2.75) is 24.9 Å². The molecule has 0 amide bonds. The summed E-state index contributed by atoms with van der Waals surface area (Å²) in [5.41, 5.74) is 8.20. The normalized spacial score (nSPS) is 19.4. The molecular weight excluding hydrogens is 214 g/mol. The van der Waals surface area contributed by atoms with Gasteiger partial charge in [-0.3, -0.25) is 0 Å². The lowest BCUT2D eigenvalue weighted by Crippen LogP contribution is -2.36. The molecule has 1 aliphatic rings. The molecule has 17 heavy (non-hydrogen) atoms. The molecule has 1 saturated carbocycles. The predicted octanol–water partition coefficient (Wildman–Crippen LogP) is 1.31. The lowest BCUT2D eigenvalue weighted by molar-refractivity contribution is 0.201. The van der Waals surface area contributed by atoms with Crippen LogP contribution in [-0.4, -0.2) is 27.3 Å². The molecule has 3 N–H and O–H groups in total. The van der Waals surface area contributed by atoms with Crippen molar-refractivity contribution in [2.24, 2.45) is 11.7 Å². The zero-order chi connectivity index (χ0) is 11.8. The molecule has 1 aliphatic carbocycles. The number of fused-ring (bicyclic) bond motifs is 1. The number of rotatable bonds is 4. The Morgan fingerprint density at radius 3 is 2.88 bits per heavy atom. The maximum absolute atomic E-state index is 9.58. The van der Waals surface area contributed by atoms with Crippen molar-refractivity contribution < 1.29 is 5.11 Å². The number of aliphatic hydroxyl groups is 1. The maximum Gasteiger partial charge on any atom is 0.0962 e. The van der Waals surface area contributed by atoms with E-state index in [1.165, 1.54) is 12.8 Å². The highest BCUT2D eigenvalue weighted by Crippen LogP contribution is 2.36. The minimum absolute atomic E-state index is 0.0256. The van der Waals surface area contributed by atoms with E-state index in [9.17, 15) is 5.11 Å². The van der Waals surface area contributed by atoms with Gasteiger partial charge in [0.05, 0.1) is 30.0 Å². The van der Waals surface area contributed by atoms with E-state index in [0.717, 1.165) is 11.0 Å². The fraction of sp³-hybridized carbons (Fsp3) is 0.462. The maximum atomic E-state index is 9.58. The first-order chi connectivity index (χ1) is 8.31. The minimum Gasteiger partial charge on any atom is -0.394 e. The van der Waals surface area contributed by atoms with Crippen LogP contribution in [0.4, 0.5) is 0 Å². The molecule has 2 aromatic rings. The van der Waals surface area contributed by atoms with Crippen LogP contribution in [0.15, 0.2) is 30.6 Å². The van der Waals surface area contributed by atoms with Gasteiger partial charge in [0, 0.05) is 6.04 Å². The van der Waals surface area contributed by atoms with Crippen molar-refractivity contribution in [1.29, 1.82) is 0 Å². The first-order valence-electron chi connectivity index (χ1n) is 6.09. The third-order valence-electron chi connectivity index (χ3n) is 3.64. The van der Waals surface area contributed by atoms with Gasteiger partial charge < -0.3 is 15.4 Å². The second-order valence-electron chi connectivity index (χ2n) is 4.81. The Balaban J connectivity index is 2.00. The molecule has 1 fully saturated rings. The summed E-state index contributed by atoms with van der Waals surface area (Å²) in [6, 6.07) is 7.91. The highest BCUT2D eigenvalue weighted by atomic mass is 16.3. The zero-order valence-electron chi connectivity index (χ0n) is 9.66. The standard InChI is InChI=1S/C13H17N3O/c14-13(9-5-6-9)12(7-17)16-8-15-10-3-1-2-4-11(10)16/h1-4,8-9,12-13,17H,5-7,14H2. The highest BCUT2D eigenvalue weighted by Gasteiger charge is 2.34. The number of nitrogens with two attached hydrogens (primary N) is 1. The molecule has 2 unspecified atom stereocenters. The van der Waals surface area contributed by atoms with E-state index in [0.29, 0.717) is 5.92 Å². The van der Waals surface area contributed by atoms with Gasteiger partial charge in [0.15, 0.2) is 0 Å². The number of aromatic nitrogens is 2. The van der Waals surface area contributed by atoms with Gasteiger partial charge in [-0.25, -0.2) is 4.98 Å². The third kappa shape index (κ3) is 1.83. The van der Waals surface area contributed by atoms with Crippen LogP contribution in [-0.2, 0) is 0 Å². The number of nitrogens with zero attached hydrogens (tertiary/aromatic N) is 2. The van der Waals surface area contributed by atoms with Crippen molar-refractivity contribution in [2.75, 3.05) is 6.61 Å². The molecule has 0 bridgehead atoms. The monoisotopic (exact) mass is 231 g/mol. The molecule has 0 radical (unpaired) electrons. The number of para-hydroxylation sites is 2. The van der Waals surface area contributed by atoms with Crippen molar-refractivity contribution in [3.8, 4) is 0 Å². The molecule has 2 atom stereocenters. The largest absolute Gasteiger partial charge is 0.394 e. The van der Waals surface area contributed by atoms with Gasteiger partial charge in [0.1, 0.15) is 0 Å². The summed E-state index contributed by atoms with van der Waals surface area (Å²) in [5, 5.41) is 9.58. The Morgan fingerprint density at radius 1 is 1.41 bits per heavy atom. The van der Waals surface area contributed by atoms with Crippen molar-refractivity contribution in [1.82, 2.24) is 9.55 Å². The Bertz CT molecular complexity index is 518. The summed E-state index contributed by atoms with van der Waals surface area (Å²) in [6.45, 7) is 0.0675. The van der Waals surface area contributed by atoms with E-state index in [2.05, 4.69) is 4.98 Å². The summed E-state index contributed by atoms with van der Waals surface area (Å²) in [6.07, 6.45) is 4.16. The Hall–Kier alpha value is -1.39. The smallest absolute Gasteiger partial charge is 0.0962 e. The fourth-order valence-corrected chi connectivity index (χ4v) is 2.43. The van der Waals surface area contributed by atoms with E-state index in [-0.39, 0.29) is 18.7 Å². The summed E-state index contributed by atoms with van der Waals surface area (Å²) in [4.78, 5) is 4.35. The van der Waals surface area contributed by atoms with Gasteiger partial charge in [0.25, 0.3) is 0 Å². The van der Waals surface area contributed by atoms with E-state index in [4.69, 9.17) is 5.73 Å². The van der Waals surface area contributed by atoms with Crippen LogP contribution < -0.4 is 5.73 Å². The molecule has 0 saturated heterocycles. The van der Waals surface area contributed by atoms with Crippen LogP contribution in [0.2, 0.25) is 0 Å². The minimum atomic E-state index is -0.0603. The average Bonchev–Trinajstić information content (AvgIpc) is 3.13. The Kier molecular flexibility index (Phi) is 2.61. The van der Waals surface area contributed by atoms with Crippen LogP contribution in [0, 0.1) is 5.92 Å². The molecular formula is C13H17N3O. The second-order valence-corrected chi connectivity index (χ2v) is 4.81. The number of hydrogen-bond donors (Lipinski definition) is 2. The third-order valence-corrected chi connectivity index (χ3v) is 3.64. The SMILES string of the molecule is NC(C1CC1)C(CO)n1cnc2ccccc21. The Labute approximate surface area is 100 Å². The van der Waals surface area contributed by atoms with Crippen molar-refractivity contribution in [3.05, 3.63) is 30.6 Å². The van der Waals surface area contributed by atoms with Gasteiger partial charge in [-0.2, -0.15) is 0 Å². The van der Waals surface area contributed by atoms with Gasteiger partial charge in [-0.15, -0.1) is 0 Å². The van der Waals surface area contributed by atoms with Gasteiger partial charge >= 0.3 is 0 Å². The van der Waals surface area contributed by atoms with Crippen LogP contribution in [0.1, 0.15) is 18.9 Å². The van der Waals surface area contributed by atoms with E-state index in [1.54, 1.807) is 6.33 Å². The van der Waals surface area contributed by atoms with Crippen LogP contribution >= 0.6 is 0 Å². The number of benzene rings is 1. The lowest BCUT2D eigenvalue weighted by atomic mass is 10.0. The van der Waals surface area contributed by atoms with Crippen LogP contribution in [0.3, 0.4) is 0 Å². The molecule has 4 heteroatoms. The second kappa shape index (κ2) is 4.13. The summed E-state index contributed by atoms with van der Waals surface area (Å²) in [5.74, 6) is 0.563. The molecule has 0 spiro atoms. The zero-order valence-corrected chi connectivity index (χ0v) is 9.66. The Morgan fingerprint density at radius 2 is 2.18 bits per heavy atom. The molecule has 1 aromatic carbocycles. The van der Waals surface area contributed by atoms with Gasteiger partial charge in [0.2, 0.25) is 0 Å². The van der Waals surface area contributed by atoms with E-state index in [1.807, 2.05) is 28.8 Å². The predicted molar refractivity (Wildman–Crippen MR) is 66.6 cm³/mol. The van der Waals surface area contributed by atoms with Crippen molar-refractivity contribution in [3.63, 3.8) is 0 Å². The molecule has 0 aliphatic heterocycles. The van der Waals surface area contributed by atoms with E-state index < -0.39 is 0 Å². The molecule has 1 aromatic heterocycles. The summed E-state index contributed by atoms with van der Waals surface area (Å²) < 4.78 is 2.01. The van der Waals surface area contributed by atoms with Crippen LogP contribution in [0.5, 0.6) is 0 Å². The van der Waals surface area contributed by atoms with Crippen LogP contribution in [0.25, 0.3) is 11.0 Å². The highest BCUT2D eigenvalue weighted by molar-refractivity contribution is 5.75. The van der Waals surface area contributed by atoms with Crippen molar-refractivity contribution >= 4 is 11.0 Å². The number of aliphatic hydroxyl groups excluding tert-OH is 1. The summed E-state index contributed by atoms with van der Waals surface area (Å²) >= 11 is 0. The van der Waals surface area contributed by atoms with Gasteiger partial charge in [-0.1, -0.05) is 12.1 Å². The first kappa shape index (κ1) is 10.7. The molecule has 90 valence electrons. The quantitative estimate of drug-likeness (QED) is 0.833. The molecule has 3 rings (SSSR count). The average molecular weight is 231 g/mol. The number of imidazole rings is 1. The first-order valence-corrected chi connectivity index (χ1v) is 6.09. The number of hydrogen-bond acceptors (Lipinski definition) is 3. The fourth-order valence-electron chi connectivity index (χ4n) is 2.43. The molecule has 1 heterocycles. The lowest BCUT2D eigenvalue weighted by Gasteiger charge is -2.23. The van der Waals surface area contributed by atoms with Gasteiger partial charge in [-0.05, 0) is 30.9 Å². The topological polar surface area (TPSA) is 64.1 Å². The molecule has 4 nitrogen and oxygen atoms in total. The van der Waals surface area contributed by atoms with E-state index >= 15 is 0 Å².